The zero-order chi connectivity index (χ0) is 18.0. The van der Waals surface area contributed by atoms with Crippen LogP contribution in [0.3, 0.4) is 0 Å². The van der Waals surface area contributed by atoms with E-state index in [9.17, 15) is 0 Å². The van der Waals surface area contributed by atoms with Crippen molar-refractivity contribution in [1.82, 2.24) is 4.90 Å². The Morgan fingerprint density at radius 1 is 0.692 bits per heavy atom. The average Bonchev–Trinajstić information content (AvgIpc) is 2.71. The van der Waals surface area contributed by atoms with Crippen molar-refractivity contribution in [2.75, 3.05) is 6.54 Å². The van der Waals surface area contributed by atoms with Crippen molar-refractivity contribution >= 4 is 0 Å². The fraction of sp³-hybridized carbons (Fsp3) is 0.280. The van der Waals surface area contributed by atoms with Crippen LogP contribution in [-0.4, -0.2) is 11.4 Å². The minimum Gasteiger partial charge on any atom is -0.292 e. The summed E-state index contributed by atoms with van der Waals surface area (Å²) >= 11 is 0. The van der Waals surface area contributed by atoms with Crippen LogP contribution < -0.4 is 0 Å². The minimum absolute atomic E-state index is 0.465. The number of benzene rings is 3. The Morgan fingerprint density at radius 3 is 1.81 bits per heavy atom. The molecule has 0 bridgehead atoms. The van der Waals surface area contributed by atoms with Crippen LogP contribution in [0, 0.1) is 0 Å². The van der Waals surface area contributed by atoms with Crippen LogP contribution in [0.5, 0.6) is 0 Å². The van der Waals surface area contributed by atoms with Crippen molar-refractivity contribution in [2.45, 2.75) is 38.8 Å². The van der Waals surface area contributed by atoms with Crippen molar-refractivity contribution in [2.24, 2.45) is 0 Å². The van der Waals surface area contributed by atoms with Gasteiger partial charge in [-0.3, -0.25) is 4.90 Å². The highest BCUT2D eigenvalue weighted by Gasteiger charge is 2.18. The Balaban J connectivity index is 1.72. The lowest BCUT2D eigenvalue weighted by atomic mass is 10.0. The molecule has 3 rings (SSSR count). The van der Waals surface area contributed by atoms with E-state index in [1.165, 1.54) is 23.1 Å². The van der Waals surface area contributed by atoms with Gasteiger partial charge >= 0.3 is 0 Å². The van der Waals surface area contributed by atoms with Crippen molar-refractivity contribution < 1.29 is 0 Å². The van der Waals surface area contributed by atoms with E-state index in [2.05, 4.69) is 103 Å². The molecule has 0 saturated heterocycles. The summed E-state index contributed by atoms with van der Waals surface area (Å²) in [6, 6.07) is 33.1. The number of hydrogen-bond donors (Lipinski definition) is 0. The molecular formula is C25H29N. The SMILES string of the molecule is CCC(c1ccccc1)N(CCCc1ccccc1)Cc1ccccc1. The van der Waals surface area contributed by atoms with Gasteiger partial charge in [-0.15, -0.1) is 0 Å². The monoisotopic (exact) mass is 343 g/mol. The summed E-state index contributed by atoms with van der Waals surface area (Å²) in [4.78, 5) is 2.65. The average molecular weight is 344 g/mol. The predicted molar refractivity (Wildman–Crippen MR) is 111 cm³/mol. The molecule has 0 aromatic heterocycles. The van der Waals surface area contributed by atoms with E-state index >= 15 is 0 Å². The number of hydrogen-bond acceptors (Lipinski definition) is 1. The first-order valence-corrected chi connectivity index (χ1v) is 9.73. The third kappa shape index (κ3) is 5.31. The van der Waals surface area contributed by atoms with Gasteiger partial charge < -0.3 is 0 Å². The van der Waals surface area contributed by atoms with Crippen LogP contribution in [0.4, 0.5) is 0 Å². The molecule has 3 aromatic rings. The van der Waals surface area contributed by atoms with Crippen LogP contribution in [-0.2, 0) is 13.0 Å². The van der Waals surface area contributed by atoms with Gasteiger partial charge in [-0.1, -0.05) is 97.9 Å². The lowest BCUT2D eigenvalue weighted by Gasteiger charge is -2.32. The molecule has 1 heteroatoms. The molecule has 0 spiro atoms. The molecule has 1 unspecified atom stereocenters. The van der Waals surface area contributed by atoms with Gasteiger partial charge in [-0.25, -0.2) is 0 Å². The van der Waals surface area contributed by atoms with E-state index in [1.54, 1.807) is 0 Å². The van der Waals surface area contributed by atoms with Crippen molar-refractivity contribution in [3.63, 3.8) is 0 Å². The topological polar surface area (TPSA) is 3.24 Å². The van der Waals surface area contributed by atoms with E-state index in [-0.39, 0.29) is 0 Å². The molecule has 0 heterocycles. The molecule has 0 aliphatic carbocycles. The molecule has 3 aromatic carbocycles. The summed E-state index contributed by atoms with van der Waals surface area (Å²) in [5.74, 6) is 0. The number of aryl methyl sites for hydroxylation is 1. The van der Waals surface area contributed by atoms with E-state index < -0.39 is 0 Å². The Bertz CT molecular complexity index is 737. The molecule has 0 fully saturated rings. The number of rotatable bonds is 9. The summed E-state index contributed by atoms with van der Waals surface area (Å²) in [6.45, 7) is 4.41. The Morgan fingerprint density at radius 2 is 1.23 bits per heavy atom. The maximum Gasteiger partial charge on any atom is 0.0349 e. The normalized spacial score (nSPS) is 12.2. The van der Waals surface area contributed by atoms with E-state index in [0.29, 0.717) is 6.04 Å². The Labute approximate surface area is 158 Å². The molecular weight excluding hydrogens is 314 g/mol. The van der Waals surface area contributed by atoms with Crippen molar-refractivity contribution in [1.29, 1.82) is 0 Å². The zero-order valence-electron chi connectivity index (χ0n) is 15.7. The highest BCUT2D eigenvalue weighted by atomic mass is 15.1. The van der Waals surface area contributed by atoms with Crippen molar-refractivity contribution in [3.05, 3.63) is 108 Å². The summed E-state index contributed by atoms with van der Waals surface area (Å²) in [5.41, 5.74) is 4.24. The third-order valence-corrected chi connectivity index (χ3v) is 4.99. The standard InChI is InChI=1S/C25H29N/c1-2-25(24-18-10-5-11-19-24)26(21-23-15-8-4-9-16-23)20-12-17-22-13-6-3-7-14-22/h3-11,13-16,18-19,25H,2,12,17,20-21H2,1H3. The van der Waals surface area contributed by atoms with Gasteiger partial charge in [-0.05, 0) is 42.5 Å². The molecule has 0 aliphatic rings. The summed E-state index contributed by atoms with van der Waals surface area (Å²) in [5, 5.41) is 0. The first kappa shape index (κ1) is 18.4. The fourth-order valence-electron chi connectivity index (χ4n) is 3.67. The largest absolute Gasteiger partial charge is 0.292 e. The summed E-state index contributed by atoms with van der Waals surface area (Å²) in [6.07, 6.45) is 3.44. The molecule has 134 valence electrons. The van der Waals surface area contributed by atoms with Crippen LogP contribution >= 0.6 is 0 Å². The Kier molecular flexibility index (Phi) is 7.04. The molecule has 0 N–H and O–H groups in total. The van der Waals surface area contributed by atoms with Crippen LogP contribution in [0.25, 0.3) is 0 Å². The second-order valence-electron chi connectivity index (χ2n) is 6.88. The van der Waals surface area contributed by atoms with Gasteiger partial charge in [-0.2, -0.15) is 0 Å². The first-order chi connectivity index (χ1) is 12.9. The zero-order valence-corrected chi connectivity index (χ0v) is 15.7. The van der Waals surface area contributed by atoms with Gasteiger partial charge in [0.2, 0.25) is 0 Å². The molecule has 0 aliphatic heterocycles. The quantitative estimate of drug-likeness (QED) is 0.442. The van der Waals surface area contributed by atoms with E-state index in [4.69, 9.17) is 0 Å². The summed E-state index contributed by atoms with van der Waals surface area (Å²) < 4.78 is 0. The second kappa shape index (κ2) is 9.94. The first-order valence-electron chi connectivity index (χ1n) is 9.73. The van der Waals surface area contributed by atoms with Gasteiger partial charge in [0.1, 0.15) is 0 Å². The second-order valence-corrected chi connectivity index (χ2v) is 6.88. The van der Waals surface area contributed by atoms with Gasteiger partial charge in [0.05, 0.1) is 0 Å². The highest BCUT2D eigenvalue weighted by Crippen LogP contribution is 2.26. The third-order valence-electron chi connectivity index (χ3n) is 4.99. The van der Waals surface area contributed by atoms with Gasteiger partial charge in [0, 0.05) is 12.6 Å². The molecule has 26 heavy (non-hydrogen) atoms. The molecule has 0 amide bonds. The summed E-state index contributed by atoms with van der Waals surface area (Å²) in [7, 11) is 0. The van der Waals surface area contributed by atoms with Gasteiger partial charge in [0.15, 0.2) is 0 Å². The molecule has 1 atom stereocenters. The molecule has 1 nitrogen and oxygen atoms in total. The lowest BCUT2D eigenvalue weighted by molar-refractivity contribution is 0.181. The smallest absolute Gasteiger partial charge is 0.0349 e. The lowest BCUT2D eigenvalue weighted by Crippen LogP contribution is -2.29. The van der Waals surface area contributed by atoms with E-state index in [0.717, 1.165) is 25.9 Å². The van der Waals surface area contributed by atoms with Crippen LogP contribution in [0.1, 0.15) is 42.5 Å². The Hall–Kier alpha value is -2.38. The fourth-order valence-corrected chi connectivity index (χ4v) is 3.67. The van der Waals surface area contributed by atoms with Crippen molar-refractivity contribution in [3.8, 4) is 0 Å². The molecule has 0 saturated carbocycles. The van der Waals surface area contributed by atoms with E-state index in [1.807, 2.05) is 0 Å². The maximum atomic E-state index is 2.65. The van der Waals surface area contributed by atoms with Crippen LogP contribution in [0.15, 0.2) is 91.0 Å². The number of nitrogens with zero attached hydrogens (tertiary/aromatic N) is 1. The van der Waals surface area contributed by atoms with Crippen LogP contribution in [0.2, 0.25) is 0 Å². The predicted octanol–water partition coefficient (Wildman–Crippen LogP) is 6.27. The maximum absolute atomic E-state index is 2.65. The highest BCUT2D eigenvalue weighted by molar-refractivity contribution is 5.21. The molecule has 0 radical (unpaired) electrons. The minimum atomic E-state index is 0.465. The van der Waals surface area contributed by atoms with Gasteiger partial charge in [0.25, 0.3) is 0 Å².